The van der Waals surface area contributed by atoms with Crippen molar-refractivity contribution in [1.29, 1.82) is 0 Å². The molecule has 7 heteroatoms. The molecule has 2 heterocycles. The van der Waals surface area contributed by atoms with E-state index in [1.54, 1.807) is 0 Å². The first kappa shape index (κ1) is 22.1. The van der Waals surface area contributed by atoms with E-state index in [0.29, 0.717) is 6.54 Å². The average molecular weight is 428 g/mol. The van der Waals surface area contributed by atoms with Gasteiger partial charge in [-0.25, -0.2) is 0 Å². The number of hydrogen-bond donors (Lipinski definition) is 2. The van der Waals surface area contributed by atoms with Crippen LogP contribution >= 0.6 is 0 Å². The van der Waals surface area contributed by atoms with Crippen LogP contribution in [0, 0.1) is 0 Å². The average Bonchev–Trinajstić information content (AvgIpc) is 3.16. The van der Waals surface area contributed by atoms with Crippen LogP contribution in [-0.4, -0.2) is 81.0 Å². The van der Waals surface area contributed by atoms with Crippen LogP contribution in [-0.2, 0) is 16.0 Å². The summed E-state index contributed by atoms with van der Waals surface area (Å²) in [5, 5.41) is 5.87. The predicted molar refractivity (Wildman–Crippen MR) is 123 cm³/mol. The molecule has 2 N–H and O–H groups in total. The Balaban J connectivity index is 1.42. The van der Waals surface area contributed by atoms with Crippen molar-refractivity contribution in [2.75, 3.05) is 58.3 Å². The van der Waals surface area contributed by atoms with Crippen molar-refractivity contribution in [3.63, 3.8) is 0 Å². The molecule has 0 bridgehead atoms. The van der Waals surface area contributed by atoms with Crippen LogP contribution in [0.25, 0.3) is 0 Å². The molecular weight excluding hydrogens is 390 g/mol. The number of anilines is 1. The summed E-state index contributed by atoms with van der Waals surface area (Å²) in [7, 11) is 4.28. The predicted octanol–water partition coefficient (Wildman–Crippen LogP) is 1.53. The maximum atomic E-state index is 12.6. The molecule has 1 aromatic rings. The zero-order valence-corrected chi connectivity index (χ0v) is 19.0. The van der Waals surface area contributed by atoms with Gasteiger partial charge in [-0.1, -0.05) is 31.4 Å². The Labute approximate surface area is 186 Å². The largest absolute Gasteiger partial charge is 0.374 e. The molecule has 2 amide bonds. The summed E-state index contributed by atoms with van der Waals surface area (Å²) in [5.41, 5.74) is 3.91. The van der Waals surface area contributed by atoms with Crippen LogP contribution in [0.3, 0.4) is 0 Å². The molecular formula is C24H37N5O2. The summed E-state index contributed by atoms with van der Waals surface area (Å²) in [6.45, 7) is 5.45. The van der Waals surface area contributed by atoms with E-state index in [9.17, 15) is 9.59 Å². The monoisotopic (exact) mass is 427 g/mol. The van der Waals surface area contributed by atoms with Gasteiger partial charge in [0.05, 0.1) is 6.04 Å². The number of likely N-dealkylation sites (N-methyl/N-ethyl adjacent to an activating group) is 2. The van der Waals surface area contributed by atoms with Crippen LogP contribution in [0.15, 0.2) is 18.2 Å². The number of carbonyl (C=O) groups is 2. The lowest BCUT2D eigenvalue weighted by Gasteiger charge is -2.38. The first-order valence-electron chi connectivity index (χ1n) is 11.9. The maximum Gasteiger partial charge on any atom is 0.309 e. The molecule has 0 aromatic heterocycles. The van der Waals surface area contributed by atoms with Gasteiger partial charge in [-0.15, -0.1) is 0 Å². The fraction of sp³-hybridized carbons (Fsp3) is 0.667. The van der Waals surface area contributed by atoms with Gasteiger partial charge in [0, 0.05) is 58.0 Å². The highest BCUT2D eigenvalue weighted by molar-refractivity contribution is 6.35. The highest BCUT2D eigenvalue weighted by atomic mass is 16.2. The van der Waals surface area contributed by atoms with Gasteiger partial charge >= 0.3 is 11.8 Å². The number of rotatable bonds is 5. The highest BCUT2D eigenvalue weighted by Crippen LogP contribution is 2.31. The SMILES string of the molecule is CN1CCN([C@@H](CNC(=O)C(=O)NC2CCCCC2)c2ccc3c(c2)CCN3C)CC1. The molecule has 0 unspecified atom stereocenters. The normalized spacial score (nSPS) is 21.5. The Kier molecular flexibility index (Phi) is 7.13. The molecule has 4 rings (SSSR count). The number of piperazine rings is 1. The van der Waals surface area contributed by atoms with Gasteiger partial charge in [-0.2, -0.15) is 0 Å². The molecule has 1 saturated carbocycles. The lowest BCUT2D eigenvalue weighted by Crippen LogP contribution is -2.50. The summed E-state index contributed by atoms with van der Waals surface area (Å²) >= 11 is 0. The fourth-order valence-electron chi connectivity index (χ4n) is 5.15. The molecule has 2 fully saturated rings. The number of benzene rings is 1. The molecule has 1 atom stereocenters. The van der Waals surface area contributed by atoms with Gasteiger partial charge in [-0.05, 0) is 43.5 Å². The van der Waals surface area contributed by atoms with Crippen LogP contribution in [0.5, 0.6) is 0 Å². The van der Waals surface area contributed by atoms with Crippen LogP contribution < -0.4 is 15.5 Å². The maximum absolute atomic E-state index is 12.6. The second-order valence-corrected chi connectivity index (χ2v) is 9.43. The van der Waals surface area contributed by atoms with Crippen molar-refractivity contribution in [3.8, 4) is 0 Å². The Bertz CT molecular complexity index is 784. The lowest BCUT2D eigenvalue weighted by molar-refractivity contribution is -0.139. The number of carbonyl (C=O) groups excluding carboxylic acids is 2. The zero-order valence-electron chi connectivity index (χ0n) is 19.0. The van der Waals surface area contributed by atoms with Gasteiger partial charge in [0.25, 0.3) is 0 Å². The minimum Gasteiger partial charge on any atom is -0.374 e. The number of amides is 2. The van der Waals surface area contributed by atoms with E-state index in [1.807, 2.05) is 0 Å². The third-order valence-corrected chi connectivity index (χ3v) is 7.20. The molecule has 2 aliphatic heterocycles. The number of nitrogens with one attached hydrogen (secondary N) is 2. The molecule has 7 nitrogen and oxygen atoms in total. The van der Waals surface area contributed by atoms with Gasteiger partial charge in [-0.3, -0.25) is 14.5 Å². The molecule has 31 heavy (non-hydrogen) atoms. The van der Waals surface area contributed by atoms with Crippen molar-refractivity contribution >= 4 is 17.5 Å². The van der Waals surface area contributed by atoms with Gasteiger partial charge in [0.2, 0.25) is 0 Å². The van der Waals surface area contributed by atoms with Gasteiger partial charge < -0.3 is 20.4 Å². The van der Waals surface area contributed by atoms with Crippen molar-refractivity contribution in [2.24, 2.45) is 0 Å². The van der Waals surface area contributed by atoms with Crippen molar-refractivity contribution in [2.45, 2.75) is 50.6 Å². The first-order chi connectivity index (χ1) is 15.0. The molecule has 1 aromatic carbocycles. The summed E-state index contributed by atoms with van der Waals surface area (Å²) in [6.07, 6.45) is 6.50. The second kappa shape index (κ2) is 10.0. The second-order valence-electron chi connectivity index (χ2n) is 9.43. The number of nitrogens with zero attached hydrogens (tertiary/aromatic N) is 3. The summed E-state index contributed by atoms with van der Waals surface area (Å²) in [6, 6.07) is 6.93. The standard InChI is InChI=1S/C24H37N5O2/c1-27-12-14-29(15-13-27)22(18-8-9-21-19(16-18)10-11-28(21)2)17-25-23(30)24(31)26-20-6-4-3-5-7-20/h8-9,16,20,22H,3-7,10-15,17H2,1-2H3,(H,25,30)(H,26,31)/t22-/m0/s1. The van der Waals surface area contributed by atoms with E-state index < -0.39 is 11.8 Å². The van der Waals surface area contributed by atoms with E-state index in [-0.39, 0.29) is 12.1 Å². The summed E-state index contributed by atoms with van der Waals surface area (Å²) in [5.74, 6) is -0.995. The zero-order chi connectivity index (χ0) is 21.8. The number of fused-ring (bicyclic) bond motifs is 1. The van der Waals surface area contributed by atoms with Crippen molar-refractivity contribution in [1.82, 2.24) is 20.4 Å². The van der Waals surface area contributed by atoms with Gasteiger partial charge in [0.1, 0.15) is 0 Å². The Morgan fingerprint density at radius 1 is 1.00 bits per heavy atom. The number of hydrogen-bond acceptors (Lipinski definition) is 5. The van der Waals surface area contributed by atoms with Crippen LogP contribution in [0.1, 0.15) is 49.3 Å². The first-order valence-corrected chi connectivity index (χ1v) is 11.9. The van der Waals surface area contributed by atoms with E-state index in [4.69, 9.17) is 0 Å². The smallest absolute Gasteiger partial charge is 0.309 e. The van der Waals surface area contributed by atoms with Crippen LogP contribution in [0.2, 0.25) is 0 Å². The Morgan fingerprint density at radius 2 is 1.74 bits per heavy atom. The Morgan fingerprint density at radius 3 is 2.48 bits per heavy atom. The minimum atomic E-state index is -0.509. The highest BCUT2D eigenvalue weighted by Gasteiger charge is 2.27. The quantitative estimate of drug-likeness (QED) is 0.698. The van der Waals surface area contributed by atoms with Crippen LogP contribution in [0.4, 0.5) is 5.69 Å². The lowest BCUT2D eigenvalue weighted by atomic mass is 9.95. The Hall–Kier alpha value is -2.12. The third-order valence-electron chi connectivity index (χ3n) is 7.20. The molecule has 170 valence electrons. The third kappa shape index (κ3) is 5.39. The summed E-state index contributed by atoms with van der Waals surface area (Å²) < 4.78 is 0. The molecule has 0 radical (unpaired) electrons. The van der Waals surface area contributed by atoms with E-state index in [1.165, 1.54) is 23.2 Å². The molecule has 1 aliphatic carbocycles. The van der Waals surface area contributed by atoms with Gasteiger partial charge in [0.15, 0.2) is 0 Å². The van der Waals surface area contributed by atoms with E-state index >= 15 is 0 Å². The van der Waals surface area contributed by atoms with Crippen molar-refractivity contribution < 1.29 is 9.59 Å². The summed E-state index contributed by atoms with van der Waals surface area (Å²) in [4.78, 5) is 32.1. The fourth-order valence-corrected chi connectivity index (χ4v) is 5.15. The van der Waals surface area contributed by atoms with E-state index in [0.717, 1.165) is 64.8 Å². The minimum absolute atomic E-state index is 0.0799. The molecule has 1 saturated heterocycles. The van der Waals surface area contributed by atoms with Crippen molar-refractivity contribution in [3.05, 3.63) is 29.3 Å². The topological polar surface area (TPSA) is 67.9 Å². The molecule has 3 aliphatic rings. The van der Waals surface area contributed by atoms with E-state index in [2.05, 4.69) is 57.6 Å². The molecule has 0 spiro atoms.